The molecule has 1 spiro atoms. The van der Waals surface area contributed by atoms with Gasteiger partial charge in [-0.3, -0.25) is 0 Å². The van der Waals surface area contributed by atoms with Crippen LogP contribution in [0.2, 0.25) is 0 Å². The van der Waals surface area contributed by atoms with Crippen molar-refractivity contribution in [1.82, 2.24) is 5.32 Å². The van der Waals surface area contributed by atoms with Crippen molar-refractivity contribution in [3.63, 3.8) is 0 Å². The summed E-state index contributed by atoms with van der Waals surface area (Å²) in [5, 5.41) is 3.59. The molecule has 1 aliphatic heterocycles. The van der Waals surface area contributed by atoms with Crippen molar-refractivity contribution in [2.45, 2.75) is 46.5 Å². The predicted octanol–water partition coefficient (Wildman–Crippen LogP) is 2.81. The summed E-state index contributed by atoms with van der Waals surface area (Å²) in [5.41, 5.74) is 1.25. The molecule has 2 fully saturated rings. The average molecular weight is 181 g/mol. The second kappa shape index (κ2) is 2.98. The van der Waals surface area contributed by atoms with Crippen LogP contribution in [0.5, 0.6) is 0 Å². The molecule has 1 nitrogen and oxygen atoms in total. The van der Waals surface area contributed by atoms with E-state index in [2.05, 4.69) is 26.1 Å². The Morgan fingerprint density at radius 2 is 2.08 bits per heavy atom. The molecule has 0 aromatic heterocycles. The van der Waals surface area contributed by atoms with Gasteiger partial charge in [0.25, 0.3) is 0 Å². The minimum atomic E-state index is 0.596. The maximum absolute atomic E-state index is 3.59. The van der Waals surface area contributed by atoms with Crippen LogP contribution < -0.4 is 5.32 Å². The third-order valence-corrected chi connectivity index (χ3v) is 4.24. The van der Waals surface area contributed by atoms with Gasteiger partial charge in [-0.15, -0.1) is 0 Å². The predicted molar refractivity (Wildman–Crippen MR) is 56.7 cm³/mol. The fourth-order valence-electron chi connectivity index (χ4n) is 3.81. The highest BCUT2D eigenvalue weighted by atomic mass is 14.9. The summed E-state index contributed by atoms with van der Waals surface area (Å²) < 4.78 is 0. The Labute approximate surface area is 82.3 Å². The molecule has 0 amide bonds. The van der Waals surface area contributed by atoms with Crippen LogP contribution in [-0.2, 0) is 0 Å². The first-order valence-electron chi connectivity index (χ1n) is 5.75. The Morgan fingerprint density at radius 1 is 1.31 bits per heavy atom. The van der Waals surface area contributed by atoms with Crippen molar-refractivity contribution >= 4 is 0 Å². The van der Waals surface area contributed by atoms with E-state index in [4.69, 9.17) is 0 Å². The molecule has 1 heterocycles. The quantitative estimate of drug-likeness (QED) is 0.606. The maximum atomic E-state index is 3.59. The Morgan fingerprint density at radius 3 is 2.54 bits per heavy atom. The van der Waals surface area contributed by atoms with E-state index in [0.717, 1.165) is 5.92 Å². The lowest BCUT2D eigenvalue weighted by atomic mass is 9.72. The molecular formula is C12H23N. The molecule has 1 saturated heterocycles. The van der Waals surface area contributed by atoms with E-state index in [9.17, 15) is 0 Å². The Kier molecular flexibility index (Phi) is 2.18. The highest BCUT2D eigenvalue weighted by Gasteiger charge is 2.48. The molecule has 2 atom stereocenters. The maximum Gasteiger partial charge on any atom is 0.00106 e. The number of rotatable bonds is 0. The second-order valence-corrected chi connectivity index (χ2v) is 6.09. The highest BCUT2D eigenvalue weighted by molar-refractivity contribution is 5.00. The molecule has 0 aromatic rings. The molecule has 1 heteroatoms. The van der Waals surface area contributed by atoms with Gasteiger partial charge in [-0.2, -0.15) is 0 Å². The summed E-state index contributed by atoms with van der Waals surface area (Å²) in [6, 6.07) is 0. The fraction of sp³-hybridized carbons (Fsp3) is 1.00. The number of piperidine rings is 1. The van der Waals surface area contributed by atoms with E-state index < -0.39 is 0 Å². The van der Waals surface area contributed by atoms with Crippen LogP contribution in [0.25, 0.3) is 0 Å². The first-order valence-corrected chi connectivity index (χ1v) is 5.75. The van der Waals surface area contributed by atoms with E-state index >= 15 is 0 Å². The zero-order chi connectivity index (χ0) is 9.53. The molecule has 0 radical (unpaired) electrons. The van der Waals surface area contributed by atoms with E-state index in [0.29, 0.717) is 10.8 Å². The summed E-state index contributed by atoms with van der Waals surface area (Å²) in [6.45, 7) is 9.86. The van der Waals surface area contributed by atoms with Crippen LogP contribution in [0, 0.1) is 16.7 Å². The number of hydrogen-bond acceptors (Lipinski definition) is 1. The van der Waals surface area contributed by atoms with Crippen LogP contribution in [-0.4, -0.2) is 13.1 Å². The van der Waals surface area contributed by atoms with E-state index in [-0.39, 0.29) is 0 Å². The lowest BCUT2D eigenvalue weighted by Gasteiger charge is -2.38. The van der Waals surface area contributed by atoms with Gasteiger partial charge in [0, 0.05) is 6.54 Å². The van der Waals surface area contributed by atoms with Gasteiger partial charge in [0.1, 0.15) is 0 Å². The minimum Gasteiger partial charge on any atom is -0.316 e. The summed E-state index contributed by atoms with van der Waals surface area (Å²) in [5.74, 6) is 0.926. The molecule has 0 aromatic carbocycles. The third kappa shape index (κ3) is 1.63. The zero-order valence-electron chi connectivity index (χ0n) is 9.32. The van der Waals surface area contributed by atoms with Crippen molar-refractivity contribution in [2.75, 3.05) is 13.1 Å². The summed E-state index contributed by atoms with van der Waals surface area (Å²) in [7, 11) is 0. The first kappa shape index (κ1) is 9.51. The molecular weight excluding hydrogens is 158 g/mol. The molecule has 0 bridgehead atoms. The van der Waals surface area contributed by atoms with Gasteiger partial charge < -0.3 is 5.32 Å². The zero-order valence-corrected chi connectivity index (χ0v) is 9.32. The monoisotopic (exact) mass is 181 g/mol. The summed E-state index contributed by atoms with van der Waals surface area (Å²) >= 11 is 0. The summed E-state index contributed by atoms with van der Waals surface area (Å²) in [4.78, 5) is 0. The van der Waals surface area contributed by atoms with Crippen LogP contribution in [0.1, 0.15) is 46.5 Å². The van der Waals surface area contributed by atoms with Crippen molar-refractivity contribution in [2.24, 2.45) is 16.7 Å². The van der Waals surface area contributed by atoms with Crippen molar-refractivity contribution < 1.29 is 0 Å². The Hall–Kier alpha value is -0.0400. The largest absolute Gasteiger partial charge is 0.316 e. The smallest absolute Gasteiger partial charge is 0.00106 e. The van der Waals surface area contributed by atoms with Gasteiger partial charge in [0.2, 0.25) is 0 Å². The molecule has 13 heavy (non-hydrogen) atoms. The average Bonchev–Trinajstić information content (AvgIpc) is 2.23. The summed E-state index contributed by atoms with van der Waals surface area (Å²) in [6.07, 6.45) is 5.72. The first-order chi connectivity index (χ1) is 6.04. The van der Waals surface area contributed by atoms with E-state index in [1.165, 1.54) is 38.8 Å². The molecule has 76 valence electrons. The van der Waals surface area contributed by atoms with Crippen molar-refractivity contribution in [1.29, 1.82) is 0 Å². The van der Waals surface area contributed by atoms with Gasteiger partial charge in [-0.1, -0.05) is 20.8 Å². The van der Waals surface area contributed by atoms with Crippen LogP contribution in [0.3, 0.4) is 0 Å². The lowest BCUT2D eigenvalue weighted by Crippen LogP contribution is -2.41. The van der Waals surface area contributed by atoms with Gasteiger partial charge >= 0.3 is 0 Å². The van der Waals surface area contributed by atoms with Gasteiger partial charge in [-0.25, -0.2) is 0 Å². The van der Waals surface area contributed by atoms with E-state index in [1.54, 1.807) is 0 Å². The van der Waals surface area contributed by atoms with E-state index in [1.807, 2.05) is 0 Å². The molecule has 2 aliphatic rings. The molecule has 2 unspecified atom stereocenters. The van der Waals surface area contributed by atoms with Gasteiger partial charge in [-0.05, 0) is 49.0 Å². The topological polar surface area (TPSA) is 12.0 Å². The molecule has 1 N–H and O–H groups in total. The van der Waals surface area contributed by atoms with Crippen LogP contribution in [0.4, 0.5) is 0 Å². The van der Waals surface area contributed by atoms with Crippen molar-refractivity contribution in [3.8, 4) is 0 Å². The number of nitrogens with one attached hydrogen (secondary N) is 1. The Balaban J connectivity index is 2.13. The van der Waals surface area contributed by atoms with Crippen LogP contribution in [0.15, 0.2) is 0 Å². The number of hydrogen-bond donors (Lipinski definition) is 1. The van der Waals surface area contributed by atoms with Gasteiger partial charge in [0.05, 0.1) is 0 Å². The molecule has 1 aliphatic carbocycles. The van der Waals surface area contributed by atoms with Gasteiger partial charge in [0.15, 0.2) is 0 Å². The minimum absolute atomic E-state index is 0.596. The molecule has 2 rings (SSSR count). The van der Waals surface area contributed by atoms with Crippen LogP contribution >= 0.6 is 0 Å². The lowest BCUT2D eigenvalue weighted by molar-refractivity contribution is 0.148. The normalized spacial score (nSPS) is 44.1. The fourth-order valence-corrected chi connectivity index (χ4v) is 3.81. The highest BCUT2D eigenvalue weighted by Crippen LogP contribution is 2.55. The van der Waals surface area contributed by atoms with Crippen molar-refractivity contribution in [3.05, 3.63) is 0 Å². The third-order valence-electron chi connectivity index (χ3n) is 4.24. The standard InChI is InChI=1S/C12H23N/c1-10-7-11(2,3)8-12(10)5-4-6-13-9-12/h10,13H,4-9H2,1-3H3. The molecule has 1 saturated carbocycles. The Bertz CT molecular complexity index is 189. The second-order valence-electron chi connectivity index (χ2n) is 6.09. The SMILES string of the molecule is CC1CC(C)(C)CC12CCCNC2.